The molecule has 0 unspecified atom stereocenters. The monoisotopic (exact) mass is 272 g/mol. The van der Waals surface area contributed by atoms with E-state index in [0.29, 0.717) is 27.7 Å². The van der Waals surface area contributed by atoms with Gasteiger partial charge in [0.05, 0.1) is 0 Å². The summed E-state index contributed by atoms with van der Waals surface area (Å²) in [4.78, 5) is 3.47. The van der Waals surface area contributed by atoms with E-state index in [1.165, 1.54) is 9.31 Å². The summed E-state index contributed by atoms with van der Waals surface area (Å²) in [5.41, 5.74) is 0. The Balaban J connectivity index is 2.11. The van der Waals surface area contributed by atoms with E-state index < -0.39 is 0 Å². The summed E-state index contributed by atoms with van der Waals surface area (Å²) in [6, 6.07) is 4.29. The van der Waals surface area contributed by atoms with Crippen molar-refractivity contribution >= 4 is 25.8 Å². The number of thiophene rings is 1. The van der Waals surface area contributed by atoms with E-state index in [2.05, 4.69) is 17.1 Å². The van der Waals surface area contributed by atoms with Crippen molar-refractivity contribution in [3.8, 4) is 20.8 Å². The van der Waals surface area contributed by atoms with Gasteiger partial charge in [0.2, 0.25) is 0 Å². The molecule has 0 saturated carbocycles. The van der Waals surface area contributed by atoms with E-state index in [1.807, 2.05) is 5.38 Å². The molecule has 1 aliphatic rings. The van der Waals surface area contributed by atoms with Crippen LogP contribution in [0.25, 0.3) is 9.31 Å². The number of ether oxygens (including phenoxy) is 2. The van der Waals surface area contributed by atoms with Gasteiger partial charge in [-0.2, -0.15) is 0 Å². The molecular formula is C10H8O2SSe. The molecule has 1 aliphatic heterocycles. The van der Waals surface area contributed by atoms with E-state index in [9.17, 15) is 0 Å². The van der Waals surface area contributed by atoms with Crippen LogP contribution in [0.4, 0.5) is 0 Å². The van der Waals surface area contributed by atoms with Gasteiger partial charge < -0.3 is 0 Å². The molecule has 4 heteroatoms. The van der Waals surface area contributed by atoms with E-state index in [-0.39, 0.29) is 0 Å². The van der Waals surface area contributed by atoms with E-state index in [0.717, 1.165) is 11.5 Å². The molecule has 0 atom stereocenters. The first-order chi connectivity index (χ1) is 6.95. The Morgan fingerprint density at radius 1 is 1.29 bits per heavy atom. The molecule has 0 aromatic carbocycles. The van der Waals surface area contributed by atoms with Crippen LogP contribution in [-0.2, 0) is 0 Å². The fourth-order valence-electron chi connectivity index (χ4n) is 1.44. The van der Waals surface area contributed by atoms with Crippen molar-refractivity contribution in [1.29, 1.82) is 0 Å². The molecule has 2 nitrogen and oxygen atoms in total. The third kappa shape index (κ3) is 1.31. The molecule has 3 heterocycles. The van der Waals surface area contributed by atoms with Crippen molar-refractivity contribution in [2.45, 2.75) is 0 Å². The Morgan fingerprint density at radius 3 is 3.07 bits per heavy atom. The molecule has 0 saturated heterocycles. The van der Waals surface area contributed by atoms with Crippen LogP contribution in [0.2, 0.25) is 0 Å². The Kier molecular flexibility index (Phi) is 2.13. The van der Waals surface area contributed by atoms with Crippen LogP contribution in [0.5, 0.6) is 11.5 Å². The van der Waals surface area contributed by atoms with Gasteiger partial charge in [0.1, 0.15) is 0 Å². The molecule has 0 spiro atoms. The second-order valence-electron chi connectivity index (χ2n) is 2.93. The van der Waals surface area contributed by atoms with Crippen LogP contribution in [0.1, 0.15) is 0 Å². The molecule has 3 rings (SSSR count). The molecule has 72 valence electrons. The Hall–Kier alpha value is -0.701. The predicted octanol–water partition coefficient (Wildman–Crippen LogP) is 2.24. The summed E-state index contributed by atoms with van der Waals surface area (Å²) in [5, 5.41) is 2.04. The van der Waals surface area contributed by atoms with Gasteiger partial charge in [0.25, 0.3) is 0 Å². The molecular weight excluding hydrogens is 263 g/mol. The summed E-state index contributed by atoms with van der Waals surface area (Å²) in [7, 11) is 0. The quantitative estimate of drug-likeness (QED) is 0.741. The van der Waals surface area contributed by atoms with E-state index in [4.69, 9.17) is 9.47 Å². The molecule has 0 fully saturated rings. The molecule has 14 heavy (non-hydrogen) atoms. The van der Waals surface area contributed by atoms with Gasteiger partial charge in [-0.1, -0.05) is 0 Å². The van der Waals surface area contributed by atoms with Crippen LogP contribution in [0.3, 0.4) is 0 Å². The van der Waals surface area contributed by atoms with Gasteiger partial charge in [0, 0.05) is 0 Å². The zero-order valence-corrected chi connectivity index (χ0v) is 9.89. The number of rotatable bonds is 1. The van der Waals surface area contributed by atoms with Gasteiger partial charge >= 0.3 is 91.8 Å². The Bertz CT molecular complexity index is 433. The average Bonchev–Trinajstić information content (AvgIpc) is 2.85. The van der Waals surface area contributed by atoms with Crippen molar-refractivity contribution in [3.63, 3.8) is 0 Å². The summed E-state index contributed by atoms with van der Waals surface area (Å²) < 4.78 is 12.5. The zero-order chi connectivity index (χ0) is 9.38. The molecule has 0 aliphatic carbocycles. The van der Waals surface area contributed by atoms with Crippen LogP contribution < -0.4 is 9.47 Å². The van der Waals surface area contributed by atoms with E-state index in [1.54, 1.807) is 11.3 Å². The van der Waals surface area contributed by atoms with Gasteiger partial charge in [-0.15, -0.1) is 0 Å². The topological polar surface area (TPSA) is 18.5 Å². The maximum absolute atomic E-state index is 5.63. The van der Waals surface area contributed by atoms with Crippen molar-refractivity contribution in [1.82, 2.24) is 0 Å². The van der Waals surface area contributed by atoms with Crippen LogP contribution in [0.15, 0.2) is 22.5 Å². The zero-order valence-electron chi connectivity index (χ0n) is 7.36. The molecule has 2 aromatic rings. The third-order valence-electron chi connectivity index (χ3n) is 2.05. The first kappa shape index (κ1) is 8.60. The van der Waals surface area contributed by atoms with Gasteiger partial charge in [-0.05, 0) is 0 Å². The summed E-state index contributed by atoms with van der Waals surface area (Å²) in [6.07, 6.45) is 0. The van der Waals surface area contributed by atoms with Crippen molar-refractivity contribution in [2.75, 3.05) is 13.2 Å². The second-order valence-corrected chi connectivity index (χ2v) is 5.80. The fourth-order valence-corrected chi connectivity index (χ4v) is 4.23. The van der Waals surface area contributed by atoms with Crippen molar-refractivity contribution < 1.29 is 9.47 Å². The fraction of sp³-hybridized carbons (Fsp3) is 0.200. The number of fused-ring (bicyclic) bond motifs is 1. The summed E-state index contributed by atoms with van der Waals surface area (Å²) in [6.45, 7) is 1.34. The third-order valence-corrected chi connectivity index (χ3v) is 5.17. The van der Waals surface area contributed by atoms with Gasteiger partial charge in [0.15, 0.2) is 0 Å². The van der Waals surface area contributed by atoms with Crippen molar-refractivity contribution in [2.24, 2.45) is 0 Å². The minimum absolute atomic E-state index is 0.472. The number of hydrogen-bond acceptors (Lipinski definition) is 3. The SMILES string of the molecule is c1c[se]c(-c2scc3c2OCCO3)c1. The van der Waals surface area contributed by atoms with Crippen molar-refractivity contribution in [3.05, 3.63) is 22.5 Å². The first-order valence-corrected chi connectivity index (χ1v) is 7.08. The Labute approximate surface area is 91.8 Å². The van der Waals surface area contributed by atoms with E-state index >= 15 is 0 Å². The minimum atomic E-state index is 0.472. The predicted molar refractivity (Wildman–Crippen MR) is 57.7 cm³/mol. The molecule has 0 amide bonds. The standard InChI is InChI=1S/C10H8O2SSe/c1-2-8(14-5-1)10-9-7(6-13-10)11-3-4-12-9/h1-2,5-6H,3-4H2. The molecule has 0 N–H and O–H groups in total. The summed E-state index contributed by atoms with van der Waals surface area (Å²) >= 11 is 2.19. The number of hydrogen-bond donors (Lipinski definition) is 0. The first-order valence-electron chi connectivity index (χ1n) is 4.36. The molecule has 0 bridgehead atoms. The van der Waals surface area contributed by atoms with Gasteiger partial charge in [-0.3, -0.25) is 0 Å². The Morgan fingerprint density at radius 2 is 2.21 bits per heavy atom. The second kappa shape index (κ2) is 3.46. The summed E-state index contributed by atoms with van der Waals surface area (Å²) in [5.74, 6) is 1.87. The van der Waals surface area contributed by atoms with Crippen LogP contribution in [-0.4, -0.2) is 27.7 Å². The van der Waals surface area contributed by atoms with Gasteiger partial charge in [-0.25, -0.2) is 0 Å². The average molecular weight is 271 g/mol. The normalized spacial score (nSPS) is 14.3. The van der Waals surface area contributed by atoms with Crippen LogP contribution >= 0.6 is 11.3 Å². The van der Waals surface area contributed by atoms with Crippen LogP contribution in [0, 0.1) is 0 Å². The molecule has 2 aromatic heterocycles. The molecule has 0 radical (unpaired) electrons. The maximum atomic E-state index is 5.63.